The van der Waals surface area contributed by atoms with E-state index in [1.807, 2.05) is 6.92 Å². The number of nitrogens with one attached hydrogen (secondary N) is 1. The molecule has 5 heteroatoms. The lowest BCUT2D eigenvalue weighted by Crippen LogP contribution is -2.50. The van der Waals surface area contributed by atoms with Gasteiger partial charge < -0.3 is 15.8 Å². The number of hydrogen-bond acceptors (Lipinski definition) is 3. The highest BCUT2D eigenvalue weighted by Gasteiger charge is 2.34. The lowest BCUT2D eigenvalue weighted by molar-refractivity contribution is -0.123. The first kappa shape index (κ1) is 14.8. The van der Waals surface area contributed by atoms with Gasteiger partial charge in [-0.2, -0.15) is 0 Å². The van der Waals surface area contributed by atoms with Gasteiger partial charge >= 0.3 is 0 Å². The van der Waals surface area contributed by atoms with Crippen molar-refractivity contribution < 1.29 is 13.9 Å². The van der Waals surface area contributed by atoms with E-state index in [0.29, 0.717) is 12.0 Å². The number of ether oxygens (including phenoxy) is 1. The van der Waals surface area contributed by atoms with Gasteiger partial charge in [0.15, 0.2) is 11.6 Å². The minimum Gasteiger partial charge on any atom is -0.494 e. The first-order chi connectivity index (χ1) is 9.43. The molecule has 4 nitrogen and oxygen atoms in total. The number of carbonyl (C=O) groups excluding carboxylic acids is 1. The van der Waals surface area contributed by atoms with Crippen LogP contribution in [-0.4, -0.2) is 18.6 Å². The summed E-state index contributed by atoms with van der Waals surface area (Å²) in [6, 6.07) is 4.43. The van der Waals surface area contributed by atoms with Gasteiger partial charge in [0.2, 0.25) is 5.91 Å². The van der Waals surface area contributed by atoms with Gasteiger partial charge in [0.1, 0.15) is 0 Å². The van der Waals surface area contributed by atoms with Crippen LogP contribution >= 0.6 is 0 Å². The minimum atomic E-state index is -0.430. The number of amides is 1. The Balaban J connectivity index is 1.95. The summed E-state index contributed by atoms with van der Waals surface area (Å²) < 4.78 is 18.5. The van der Waals surface area contributed by atoms with E-state index in [0.717, 1.165) is 19.3 Å². The maximum absolute atomic E-state index is 13.6. The van der Waals surface area contributed by atoms with E-state index in [2.05, 4.69) is 5.32 Å². The van der Waals surface area contributed by atoms with Crippen molar-refractivity contribution in [1.29, 1.82) is 0 Å². The summed E-state index contributed by atoms with van der Waals surface area (Å²) in [5.74, 6) is -0.320. The molecule has 0 aliphatic heterocycles. The summed E-state index contributed by atoms with van der Waals surface area (Å²) in [6.45, 7) is 1.82. The van der Waals surface area contributed by atoms with Gasteiger partial charge in [-0.15, -0.1) is 0 Å². The van der Waals surface area contributed by atoms with Crippen LogP contribution in [-0.2, 0) is 4.79 Å². The Labute approximate surface area is 118 Å². The minimum absolute atomic E-state index is 0.0871. The Bertz CT molecular complexity index is 501. The quantitative estimate of drug-likeness (QED) is 0.869. The highest BCUT2D eigenvalue weighted by Crippen LogP contribution is 2.32. The van der Waals surface area contributed by atoms with Crippen molar-refractivity contribution >= 4 is 5.91 Å². The molecular formula is C15H21FN2O2. The number of rotatable bonds is 5. The molecule has 1 fully saturated rings. The maximum atomic E-state index is 13.6. The fraction of sp³-hybridized carbons (Fsp3) is 0.533. The number of carbonyl (C=O) groups is 1. The zero-order valence-electron chi connectivity index (χ0n) is 11.9. The van der Waals surface area contributed by atoms with Crippen LogP contribution in [0.15, 0.2) is 18.2 Å². The molecule has 1 aromatic rings. The fourth-order valence-corrected chi connectivity index (χ4v) is 2.46. The average Bonchev–Trinajstić information content (AvgIpc) is 2.36. The van der Waals surface area contributed by atoms with Crippen molar-refractivity contribution in [2.45, 2.75) is 44.2 Å². The second-order valence-corrected chi connectivity index (χ2v) is 5.58. The zero-order chi connectivity index (χ0) is 14.8. The van der Waals surface area contributed by atoms with Crippen LogP contribution in [0, 0.1) is 5.82 Å². The van der Waals surface area contributed by atoms with Crippen LogP contribution in [0.5, 0.6) is 5.75 Å². The predicted octanol–water partition coefficient (Wildman–Crippen LogP) is 2.28. The monoisotopic (exact) mass is 280 g/mol. The SMILES string of the molecule is COc1ccc(C(C)NC(=O)CC2(N)CCC2)cc1F. The van der Waals surface area contributed by atoms with E-state index in [-0.39, 0.29) is 23.2 Å². The third kappa shape index (κ3) is 3.28. The molecule has 0 saturated heterocycles. The maximum Gasteiger partial charge on any atom is 0.222 e. The lowest BCUT2D eigenvalue weighted by Gasteiger charge is -2.37. The lowest BCUT2D eigenvalue weighted by atomic mass is 9.75. The van der Waals surface area contributed by atoms with Gasteiger partial charge in [-0.25, -0.2) is 4.39 Å². The van der Waals surface area contributed by atoms with Crippen molar-refractivity contribution in [1.82, 2.24) is 5.32 Å². The molecule has 1 aromatic carbocycles. The largest absolute Gasteiger partial charge is 0.494 e. The summed E-state index contributed by atoms with van der Waals surface area (Å²) in [5.41, 5.74) is 6.41. The molecule has 110 valence electrons. The molecule has 0 bridgehead atoms. The van der Waals surface area contributed by atoms with Crippen LogP contribution < -0.4 is 15.8 Å². The number of hydrogen-bond donors (Lipinski definition) is 2. The van der Waals surface area contributed by atoms with E-state index in [4.69, 9.17) is 10.5 Å². The standard InChI is InChI=1S/C15H21FN2O2/c1-10(11-4-5-13(20-2)12(16)8-11)18-14(19)9-15(17)6-3-7-15/h4-5,8,10H,3,6-7,9,17H2,1-2H3,(H,18,19). The predicted molar refractivity (Wildman–Crippen MR) is 74.9 cm³/mol. The Morgan fingerprint density at radius 3 is 2.75 bits per heavy atom. The molecular weight excluding hydrogens is 259 g/mol. The summed E-state index contributed by atoms with van der Waals surface area (Å²) in [6.07, 6.45) is 3.21. The molecule has 20 heavy (non-hydrogen) atoms. The molecule has 1 amide bonds. The molecule has 1 unspecified atom stereocenters. The van der Waals surface area contributed by atoms with Crippen molar-refractivity contribution in [2.24, 2.45) is 5.73 Å². The molecule has 1 aliphatic rings. The number of nitrogens with two attached hydrogens (primary N) is 1. The second-order valence-electron chi connectivity index (χ2n) is 5.58. The third-order valence-electron chi connectivity index (χ3n) is 3.92. The van der Waals surface area contributed by atoms with E-state index in [9.17, 15) is 9.18 Å². The number of benzene rings is 1. The Hall–Kier alpha value is -1.62. The molecule has 0 heterocycles. The molecule has 1 saturated carbocycles. The third-order valence-corrected chi connectivity index (χ3v) is 3.92. The Kier molecular flexibility index (Phi) is 4.28. The summed E-state index contributed by atoms with van der Waals surface area (Å²) in [5, 5.41) is 2.86. The fourth-order valence-electron chi connectivity index (χ4n) is 2.46. The van der Waals surface area contributed by atoms with Crippen LogP contribution in [0.2, 0.25) is 0 Å². The Morgan fingerprint density at radius 1 is 1.55 bits per heavy atom. The summed E-state index contributed by atoms with van der Waals surface area (Å²) in [7, 11) is 1.42. The van der Waals surface area contributed by atoms with Crippen LogP contribution in [0.4, 0.5) is 4.39 Å². The molecule has 1 aliphatic carbocycles. The average molecular weight is 280 g/mol. The van der Waals surface area contributed by atoms with Crippen molar-refractivity contribution in [3.63, 3.8) is 0 Å². The summed E-state index contributed by atoms with van der Waals surface area (Å²) in [4.78, 5) is 11.9. The van der Waals surface area contributed by atoms with Gasteiger partial charge in [-0.05, 0) is 43.9 Å². The van der Waals surface area contributed by atoms with Crippen LogP contribution in [0.3, 0.4) is 0 Å². The van der Waals surface area contributed by atoms with Crippen molar-refractivity contribution in [3.05, 3.63) is 29.6 Å². The number of halogens is 1. The molecule has 3 N–H and O–H groups in total. The molecule has 0 aromatic heterocycles. The topological polar surface area (TPSA) is 64.3 Å². The van der Waals surface area contributed by atoms with Gasteiger partial charge in [-0.1, -0.05) is 6.07 Å². The first-order valence-electron chi connectivity index (χ1n) is 6.85. The van der Waals surface area contributed by atoms with Crippen molar-refractivity contribution in [2.75, 3.05) is 7.11 Å². The van der Waals surface area contributed by atoms with Crippen LogP contribution in [0.1, 0.15) is 44.2 Å². The van der Waals surface area contributed by atoms with E-state index in [1.54, 1.807) is 12.1 Å². The zero-order valence-corrected chi connectivity index (χ0v) is 11.9. The normalized spacial score (nSPS) is 18.0. The molecule has 0 spiro atoms. The number of methoxy groups -OCH3 is 1. The van der Waals surface area contributed by atoms with Gasteiger partial charge in [-0.3, -0.25) is 4.79 Å². The Morgan fingerprint density at radius 2 is 2.25 bits per heavy atom. The highest BCUT2D eigenvalue weighted by atomic mass is 19.1. The van der Waals surface area contributed by atoms with Gasteiger partial charge in [0.25, 0.3) is 0 Å². The molecule has 1 atom stereocenters. The van der Waals surface area contributed by atoms with E-state index in [1.165, 1.54) is 13.2 Å². The highest BCUT2D eigenvalue weighted by molar-refractivity contribution is 5.77. The van der Waals surface area contributed by atoms with E-state index >= 15 is 0 Å². The van der Waals surface area contributed by atoms with E-state index < -0.39 is 5.82 Å². The van der Waals surface area contributed by atoms with Gasteiger partial charge in [0.05, 0.1) is 13.2 Å². The first-order valence-corrected chi connectivity index (χ1v) is 6.85. The van der Waals surface area contributed by atoms with Crippen molar-refractivity contribution in [3.8, 4) is 5.75 Å². The second kappa shape index (κ2) is 5.79. The van der Waals surface area contributed by atoms with Gasteiger partial charge in [0, 0.05) is 12.0 Å². The molecule has 0 radical (unpaired) electrons. The van der Waals surface area contributed by atoms with Crippen LogP contribution in [0.25, 0.3) is 0 Å². The summed E-state index contributed by atoms with van der Waals surface area (Å²) >= 11 is 0. The smallest absolute Gasteiger partial charge is 0.222 e. The molecule has 2 rings (SSSR count).